The molecule has 0 fully saturated rings. The van der Waals surface area contributed by atoms with Gasteiger partial charge in [-0.2, -0.15) is 0 Å². The number of amides is 1. The third-order valence-corrected chi connectivity index (χ3v) is 3.01. The molecule has 0 bridgehead atoms. The van der Waals surface area contributed by atoms with Gasteiger partial charge in [0.1, 0.15) is 0 Å². The Bertz CT molecular complexity index is 565. The van der Waals surface area contributed by atoms with Gasteiger partial charge in [-0.05, 0) is 12.1 Å². The third-order valence-electron chi connectivity index (χ3n) is 3.01. The Balaban J connectivity index is 2.17. The summed E-state index contributed by atoms with van der Waals surface area (Å²) in [7, 11) is 3.19. The maximum Gasteiger partial charge on any atom is 0.255 e. The molecule has 0 spiro atoms. The molecule has 0 aliphatic rings. The molecule has 0 radical (unpaired) electrons. The monoisotopic (exact) mass is 262 g/mol. The van der Waals surface area contributed by atoms with Gasteiger partial charge in [-0.15, -0.1) is 0 Å². The van der Waals surface area contributed by atoms with Crippen LogP contribution in [0.15, 0.2) is 30.5 Å². The molecule has 1 heterocycles. The summed E-state index contributed by atoms with van der Waals surface area (Å²) in [5.41, 5.74) is 1.43. The van der Waals surface area contributed by atoms with E-state index < -0.39 is 6.10 Å². The van der Waals surface area contributed by atoms with E-state index in [1.54, 1.807) is 19.3 Å². The molecule has 1 aromatic carbocycles. The van der Waals surface area contributed by atoms with Crippen LogP contribution >= 0.6 is 0 Å². The Hall–Kier alpha value is -1.85. The third kappa shape index (κ3) is 2.94. The quantitative estimate of drug-likeness (QED) is 0.852. The smallest absolute Gasteiger partial charge is 0.255 e. The SMILES string of the molecule is COCC(O)CN(C)C(=O)c1cccc2cc[nH]c12. The number of methoxy groups -OCH3 is 1. The zero-order chi connectivity index (χ0) is 13.8. The molecule has 102 valence electrons. The molecule has 19 heavy (non-hydrogen) atoms. The average Bonchev–Trinajstić information content (AvgIpc) is 2.86. The second-order valence-corrected chi connectivity index (χ2v) is 4.54. The lowest BCUT2D eigenvalue weighted by molar-refractivity contribution is 0.0381. The highest BCUT2D eigenvalue weighted by Gasteiger charge is 2.17. The number of aliphatic hydroxyl groups excluding tert-OH is 1. The van der Waals surface area contributed by atoms with Crippen molar-refractivity contribution in [3.63, 3.8) is 0 Å². The number of aromatic amines is 1. The van der Waals surface area contributed by atoms with Gasteiger partial charge in [0, 0.05) is 32.3 Å². The summed E-state index contributed by atoms with van der Waals surface area (Å²) in [5.74, 6) is -0.122. The summed E-state index contributed by atoms with van der Waals surface area (Å²) in [5, 5.41) is 10.7. The number of H-pyrrole nitrogens is 1. The zero-order valence-electron chi connectivity index (χ0n) is 11.1. The molecule has 0 saturated heterocycles. The van der Waals surface area contributed by atoms with Crippen LogP contribution in [0.5, 0.6) is 0 Å². The van der Waals surface area contributed by atoms with Crippen LogP contribution < -0.4 is 0 Å². The minimum atomic E-state index is -0.679. The van der Waals surface area contributed by atoms with Crippen LogP contribution in [-0.2, 0) is 4.74 Å². The van der Waals surface area contributed by atoms with E-state index in [0.29, 0.717) is 5.56 Å². The number of carbonyl (C=O) groups excluding carboxylic acids is 1. The summed E-state index contributed by atoms with van der Waals surface area (Å²) in [6.07, 6.45) is 1.13. The number of benzene rings is 1. The number of para-hydroxylation sites is 1. The molecule has 5 nitrogen and oxygen atoms in total. The molecule has 0 aliphatic carbocycles. The van der Waals surface area contributed by atoms with Crippen molar-refractivity contribution in [2.75, 3.05) is 27.3 Å². The predicted molar refractivity (Wildman–Crippen MR) is 73.1 cm³/mol. The standard InChI is InChI=1S/C14H18N2O3/c1-16(8-11(17)9-19-2)14(18)12-5-3-4-10-6-7-15-13(10)12/h3-7,11,15,17H,8-9H2,1-2H3. The van der Waals surface area contributed by atoms with E-state index >= 15 is 0 Å². The fourth-order valence-corrected chi connectivity index (χ4v) is 2.11. The van der Waals surface area contributed by atoms with Crippen LogP contribution in [0.1, 0.15) is 10.4 Å². The normalized spacial score (nSPS) is 12.6. The Morgan fingerprint density at radius 1 is 1.47 bits per heavy atom. The van der Waals surface area contributed by atoms with Gasteiger partial charge in [0.05, 0.1) is 23.8 Å². The summed E-state index contributed by atoms with van der Waals surface area (Å²) in [4.78, 5) is 16.9. The van der Waals surface area contributed by atoms with Crippen LogP contribution in [0.4, 0.5) is 0 Å². The molecule has 0 aliphatic heterocycles. The number of fused-ring (bicyclic) bond motifs is 1. The zero-order valence-corrected chi connectivity index (χ0v) is 11.1. The number of hydrogen-bond acceptors (Lipinski definition) is 3. The largest absolute Gasteiger partial charge is 0.389 e. The molecule has 1 amide bonds. The first-order valence-electron chi connectivity index (χ1n) is 6.12. The second-order valence-electron chi connectivity index (χ2n) is 4.54. The summed E-state index contributed by atoms with van der Waals surface area (Å²) < 4.78 is 4.85. The van der Waals surface area contributed by atoms with Crippen LogP contribution in [0, 0.1) is 0 Å². The molecule has 1 unspecified atom stereocenters. The van der Waals surface area contributed by atoms with Crippen molar-refractivity contribution in [1.82, 2.24) is 9.88 Å². The number of hydrogen-bond donors (Lipinski definition) is 2. The summed E-state index contributed by atoms with van der Waals surface area (Å²) in [6.45, 7) is 0.452. The topological polar surface area (TPSA) is 65.6 Å². The van der Waals surface area contributed by atoms with Crippen molar-refractivity contribution >= 4 is 16.8 Å². The Kier molecular flexibility index (Phi) is 4.19. The Labute approximate surface area is 111 Å². The van der Waals surface area contributed by atoms with E-state index in [4.69, 9.17) is 4.74 Å². The number of nitrogens with one attached hydrogen (secondary N) is 1. The van der Waals surface area contributed by atoms with Gasteiger partial charge in [-0.3, -0.25) is 4.79 Å². The lowest BCUT2D eigenvalue weighted by Gasteiger charge is -2.20. The minimum absolute atomic E-state index is 0.122. The Morgan fingerprint density at radius 3 is 3.00 bits per heavy atom. The highest BCUT2D eigenvalue weighted by molar-refractivity contribution is 6.05. The molecule has 2 aromatic rings. The van der Waals surface area contributed by atoms with Crippen molar-refractivity contribution in [3.05, 3.63) is 36.0 Å². The van der Waals surface area contributed by atoms with Crippen molar-refractivity contribution in [3.8, 4) is 0 Å². The molecular weight excluding hydrogens is 244 g/mol. The lowest BCUT2D eigenvalue weighted by Crippen LogP contribution is -2.36. The van der Waals surface area contributed by atoms with E-state index in [9.17, 15) is 9.90 Å². The molecule has 5 heteroatoms. The minimum Gasteiger partial charge on any atom is -0.389 e. The van der Waals surface area contributed by atoms with Crippen molar-refractivity contribution in [1.29, 1.82) is 0 Å². The fraction of sp³-hybridized carbons (Fsp3) is 0.357. The van der Waals surface area contributed by atoms with Gasteiger partial charge < -0.3 is 19.7 Å². The number of likely N-dealkylation sites (N-methyl/N-ethyl adjacent to an activating group) is 1. The Morgan fingerprint density at radius 2 is 2.26 bits per heavy atom. The van der Waals surface area contributed by atoms with Crippen LogP contribution in [0.2, 0.25) is 0 Å². The first kappa shape index (κ1) is 13.6. The van der Waals surface area contributed by atoms with Gasteiger partial charge in [0.15, 0.2) is 0 Å². The van der Waals surface area contributed by atoms with Gasteiger partial charge in [0.25, 0.3) is 5.91 Å². The number of carbonyl (C=O) groups is 1. The van der Waals surface area contributed by atoms with E-state index in [1.165, 1.54) is 12.0 Å². The van der Waals surface area contributed by atoms with Gasteiger partial charge in [-0.25, -0.2) is 0 Å². The van der Waals surface area contributed by atoms with Crippen LogP contribution in [0.25, 0.3) is 10.9 Å². The van der Waals surface area contributed by atoms with Gasteiger partial charge in [0.2, 0.25) is 0 Å². The van der Waals surface area contributed by atoms with Crippen molar-refractivity contribution in [2.45, 2.75) is 6.10 Å². The highest BCUT2D eigenvalue weighted by Crippen LogP contribution is 2.18. The average molecular weight is 262 g/mol. The van der Waals surface area contributed by atoms with E-state index in [-0.39, 0.29) is 19.1 Å². The second kappa shape index (κ2) is 5.86. The van der Waals surface area contributed by atoms with Gasteiger partial charge in [-0.1, -0.05) is 12.1 Å². The van der Waals surface area contributed by atoms with Crippen LogP contribution in [-0.4, -0.2) is 54.3 Å². The van der Waals surface area contributed by atoms with Crippen molar-refractivity contribution in [2.24, 2.45) is 0 Å². The molecular formula is C14H18N2O3. The molecule has 2 rings (SSSR count). The van der Waals surface area contributed by atoms with Crippen molar-refractivity contribution < 1.29 is 14.6 Å². The highest BCUT2D eigenvalue weighted by atomic mass is 16.5. The number of aliphatic hydroxyl groups is 1. The van der Waals surface area contributed by atoms with E-state index in [1.807, 2.05) is 18.2 Å². The summed E-state index contributed by atoms with van der Waals surface area (Å²) >= 11 is 0. The van der Waals surface area contributed by atoms with Crippen LogP contribution in [0.3, 0.4) is 0 Å². The number of nitrogens with zero attached hydrogens (tertiary/aromatic N) is 1. The molecule has 1 atom stereocenters. The molecule has 0 saturated carbocycles. The predicted octanol–water partition coefficient (Wildman–Crippen LogP) is 1.25. The number of rotatable bonds is 5. The van der Waals surface area contributed by atoms with E-state index in [2.05, 4.69) is 4.98 Å². The maximum absolute atomic E-state index is 12.4. The first-order valence-corrected chi connectivity index (χ1v) is 6.12. The first-order chi connectivity index (χ1) is 9.13. The maximum atomic E-state index is 12.4. The molecule has 1 aromatic heterocycles. The number of aromatic nitrogens is 1. The number of ether oxygens (including phenoxy) is 1. The van der Waals surface area contributed by atoms with Gasteiger partial charge >= 0.3 is 0 Å². The summed E-state index contributed by atoms with van der Waals surface area (Å²) in [6, 6.07) is 7.50. The van der Waals surface area contributed by atoms with E-state index in [0.717, 1.165) is 10.9 Å². The molecule has 2 N–H and O–H groups in total. The fourth-order valence-electron chi connectivity index (χ4n) is 2.11. The lowest BCUT2D eigenvalue weighted by atomic mass is 10.1.